The Morgan fingerprint density at radius 3 is 1.80 bits per heavy atom. The number of nitrogens with zero attached hydrogens (tertiary/aromatic N) is 2. The van der Waals surface area contributed by atoms with Crippen LogP contribution in [0.2, 0.25) is 0 Å². The van der Waals surface area contributed by atoms with Gasteiger partial charge in [-0.3, -0.25) is 24.4 Å². The van der Waals surface area contributed by atoms with Gasteiger partial charge in [-0.25, -0.2) is 0 Å². The monoisotopic (exact) mass is 655 g/mol. The maximum atomic E-state index is 13.0. The van der Waals surface area contributed by atoms with Crippen LogP contribution in [-0.4, -0.2) is 92.0 Å². The van der Waals surface area contributed by atoms with Crippen molar-refractivity contribution < 1.29 is 14.4 Å². The minimum Gasteiger partial charge on any atom is -0.355 e. The summed E-state index contributed by atoms with van der Waals surface area (Å²) in [6.45, 7) is 5.16. The van der Waals surface area contributed by atoms with Crippen molar-refractivity contribution in [1.29, 1.82) is 0 Å². The van der Waals surface area contributed by atoms with Gasteiger partial charge in [0.15, 0.2) is 11.9 Å². The molecule has 2 aliphatic rings. The predicted molar refractivity (Wildman–Crippen MR) is 180 cm³/mol. The number of carbonyl (C=O) groups is 3. The van der Waals surface area contributed by atoms with Crippen molar-refractivity contribution in [2.24, 2.45) is 9.98 Å². The van der Waals surface area contributed by atoms with Crippen LogP contribution in [0, 0.1) is 0 Å². The number of amides is 3. The molecule has 45 heavy (non-hydrogen) atoms. The summed E-state index contributed by atoms with van der Waals surface area (Å²) in [6, 6.07) is 14.1. The normalized spacial score (nSPS) is 13.4. The molecule has 9 N–H and O–H groups in total. The highest BCUT2D eigenvalue weighted by Gasteiger charge is 2.14. The predicted octanol–water partition coefficient (Wildman–Crippen LogP) is 1.30. The van der Waals surface area contributed by atoms with Crippen molar-refractivity contribution in [2.75, 3.05) is 57.7 Å². The second-order valence-corrected chi connectivity index (χ2v) is 10.1. The summed E-state index contributed by atoms with van der Waals surface area (Å²) in [5, 5.41) is 22.7. The van der Waals surface area contributed by atoms with Crippen LogP contribution in [0.3, 0.4) is 0 Å². The van der Waals surface area contributed by atoms with Gasteiger partial charge in [0.1, 0.15) is 11.4 Å². The average molecular weight is 657 g/mol. The van der Waals surface area contributed by atoms with E-state index >= 15 is 0 Å². The van der Waals surface area contributed by atoms with Gasteiger partial charge in [0.05, 0.1) is 13.1 Å². The van der Waals surface area contributed by atoms with Crippen LogP contribution in [0.4, 0.5) is 5.69 Å². The summed E-state index contributed by atoms with van der Waals surface area (Å²) in [6.07, 6.45) is 0. The van der Waals surface area contributed by atoms with Crippen LogP contribution in [0.1, 0.15) is 31.3 Å². The molecule has 0 fully saturated rings. The van der Waals surface area contributed by atoms with E-state index in [-0.39, 0.29) is 42.5 Å². The Hall–Kier alpha value is -4.95. The molecule has 0 radical (unpaired) electrons. The number of aliphatic imine (C=N–C) groups is 2. The zero-order chi connectivity index (χ0) is 29.6. The first kappa shape index (κ1) is 33.0. The summed E-state index contributed by atoms with van der Waals surface area (Å²) in [4.78, 5) is 53.0. The molecule has 0 bridgehead atoms. The average Bonchev–Trinajstić information content (AvgIpc) is 3.83. The van der Waals surface area contributed by atoms with Gasteiger partial charge >= 0.3 is 0 Å². The molecule has 6 rings (SSSR count). The van der Waals surface area contributed by atoms with Crippen molar-refractivity contribution in [1.82, 2.24) is 41.9 Å². The van der Waals surface area contributed by atoms with Crippen molar-refractivity contribution >= 4 is 81.9 Å². The van der Waals surface area contributed by atoms with Gasteiger partial charge in [0.25, 0.3) is 17.7 Å². The van der Waals surface area contributed by atoms with Gasteiger partial charge in [-0.1, -0.05) is 0 Å². The van der Waals surface area contributed by atoms with Crippen LogP contribution in [0.25, 0.3) is 21.8 Å². The number of hydrogen-bond acceptors (Lipinski definition) is 9. The lowest BCUT2D eigenvalue weighted by Crippen LogP contribution is -2.39. The molecule has 0 spiro atoms. The fourth-order valence-corrected chi connectivity index (χ4v) is 4.87. The Kier molecular flexibility index (Phi) is 11.1. The lowest BCUT2D eigenvalue weighted by Gasteiger charge is -2.08. The van der Waals surface area contributed by atoms with E-state index in [1.807, 2.05) is 6.07 Å². The molecular weight excluding hydrogens is 621 g/mol. The molecule has 0 aliphatic carbocycles. The van der Waals surface area contributed by atoms with E-state index in [1.165, 1.54) is 0 Å². The highest BCUT2D eigenvalue weighted by Crippen LogP contribution is 2.22. The lowest BCUT2D eigenvalue weighted by molar-refractivity contribution is 0.0944. The van der Waals surface area contributed by atoms with E-state index in [0.717, 1.165) is 59.9 Å². The minimum atomic E-state index is -0.321. The number of benzene rings is 2. The second-order valence-electron chi connectivity index (χ2n) is 10.1. The smallest absolute Gasteiger partial charge is 0.272 e. The molecule has 4 heterocycles. The van der Waals surface area contributed by atoms with Crippen LogP contribution in [0.5, 0.6) is 0 Å². The number of halogens is 2. The fraction of sp³-hybridized carbons (Fsp3) is 0.276. The van der Waals surface area contributed by atoms with E-state index in [1.54, 1.807) is 42.5 Å². The Balaban J connectivity index is 0.00000230. The van der Waals surface area contributed by atoms with E-state index in [9.17, 15) is 14.4 Å². The summed E-state index contributed by atoms with van der Waals surface area (Å²) < 4.78 is 0. The molecule has 0 saturated carbocycles. The number of fused-ring (bicyclic) bond motifs is 2. The molecule has 14 nitrogen and oxygen atoms in total. The van der Waals surface area contributed by atoms with Gasteiger partial charge in [-0.2, -0.15) is 0 Å². The zero-order valence-corrected chi connectivity index (χ0v) is 25.8. The van der Waals surface area contributed by atoms with Gasteiger partial charge < -0.3 is 47.2 Å². The molecule has 3 amide bonds. The molecule has 16 heteroatoms. The van der Waals surface area contributed by atoms with Crippen LogP contribution < -0.4 is 37.2 Å². The van der Waals surface area contributed by atoms with E-state index in [2.05, 4.69) is 57.2 Å². The standard InChI is InChI=1S/C29H33N11O3.2ClH/c41-25(30-5-7-32-28-34-9-10-35-28)17-1-3-21-18(13-17)15-24(40-21)27(43)38-20-2-4-22-19(14-20)16-23(39-22)26(42)31-6-8-33-29-36-11-12-37-29;;/h1-4,13-16,39-40H,5-12H2,(H,30,41)(H,31,42)(H,38,43)(H2,32,34,35)(H2,33,36,37);2*1H. The van der Waals surface area contributed by atoms with Crippen LogP contribution >= 0.6 is 24.8 Å². The number of aromatic nitrogens is 2. The van der Waals surface area contributed by atoms with Crippen LogP contribution in [0.15, 0.2) is 58.5 Å². The van der Waals surface area contributed by atoms with Gasteiger partial charge in [0, 0.05) is 72.3 Å². The highest BCUT2D eigenvalue weighted by molar-refractivity contribution is 6.08. The minimum absolute atomic E-state index is 0. The topological polar surface area (TPSA) is 192 Å². The van der Waals surface area contributed by atoms with E-state index in [4.69, 9.17) is 0 Å². The number of anilines is 1. The SMILES string of the molecule is Cl.Cl.O=C(NCCNC1=NCCN1)c1ccc2[nH]c(C(=O)Nc3ccc4[nH]c(C(=O)NCCNC5=NCCN5)cc4c3)cc2c1. The number of hydrogen-bond donors (Lipinski definition) is 9. The summed E-state index contributed by atoms with van der Waals surface area (Å²) in [7, 11) is 0. The number of rotatable bonds is 10. The summed E-state index contributed by atoms with van der Waals surface area (Å²) in [5.74, 6) is 0.768. The maximum Gasteiger partial charge on any atom is 0.272 e. The number of aromatic amines is 2. The van der Waals surface area contributed by atoms with E-state index in [0.29, 0.717) is 48.8 Å². The summed E-state index contributed by atoms with van der Waals surface area (Å²) in [5.41, 5.74) is 3.41. The molecule has 2 aromatic carbocycles. The van der Waals surface area contributed by atoms with E-state index < -0.39 is 0 Å². The highest BCUT2D eigenvalue weighted by atomic mass is 35.5. The zero-order valence-electron chi connectivity index (χ0n) is 24.2. The van der Waals surface area contributed by atoms with Crippen molar-refractivity contribution in [3.05, 3.63) is 65.5 Å². The molecule has 2 aromatic heterocycles. The van der Waals surface area contributed by atoms with Crippen molar-refractivity contribution in [3.8, 4) is 0 Å². The molecule has 238 valence electrons. The third-order valence-electron chi connectivity index (χ3n) is 7.01. The molecule has 0 saturated heterocycles. The number of guanidine groups is 2. The van der Waals surface area contributed by atoms with Gasteiger partial charge in [0.2, 0.25) is 0 Å². The Bertz CT molecular complexity index is 1750. The van der Waals surface area contributed by atoms with Gasteiger partial charge in [-0.15, -0.1) is 24.8 Å². The number of carbonyl (C=O) groups excluding carboxylic acids is 3. The molecule has 2 aliphatic heterocycles. The summed E-state index contributed by atoms with van der Waals surface area (Å²) >= 11 is 0. The third kappa shape index (κ3) is 8.16. The Morgan fingerprint density at radius 2 is 1.20 bits per heavy atom. The number of nitrogens with one attached hydrogen (secondary N) is 9. The molecule has 0 unspecified atom stereocenters. The first-order valence-electron chi connectivity index (χ1n) is 14.2. The van der Waals surface area contributed by atoms with Crippen LogP contribution in [-0.2, 0) is 0 Å². The Morgan fingerprint density at radius 1 is 0.644 bits per heavy atom. The molecular formula is C29H35Cl2N11O3. The number of H-pyrrole nitrogens is 2. The molecule has 4 aromatic rings. The van der Waals surface area contributed by atoms with Crippen molar-refractivity contribution in [3.63, 3.8) is 0 Å². The maximum absolute atomic E-state index is 13.0. The first-order valence-corrected chi connectivity index (χ1v) is 14.2. The molecule has 0 atom stereocenters. The first-order chi connectivity index (χ1) is 21.0. The largest absolute Gasteiger partial charge is 0.355 e. The lowest BCUT2D eigenvalue weighted by atomic mass is 10.1. The van der Waals surface area contributed by atoms with Crippen molar-refractivity contribution in [2.45, 2.75) is 0 Å². The van der Waals surface area contributed by atoms with Gasteiger partial charge in [-0.05, 0) is 48.5 Å². The Labute approximate surface area is 270 Å². The quantitative estimate of drug-likeness (QED) is 0.115. The second kappa shape index (κ2) is 15.2. The third-order valence-corrected chi connectivity index (χ3v) is 7.01. The fourth-order valence-electron chi connectivity index (χ4n) is 4.87.